The Morgan fingerprint density at radius 1 is 1.15 bits per heavy atom. The molecule has 1 saturated carbocycles. The molecular formula is C24H22ClN5O3. The highest BCUT2D eigenvalue weighted by atomic mass is 35.5. The maximum absolute atomic E-state index is 12.5. The minimum atomic E-state index is -0.366. The second-order valence-electron chi connectivity index (χ2n) is 9.07. The van der Waals surface area contributed by atoms with Gasteiger partial charge in [0.2, 0.25) is 5.91 Å². The molecule has 5 rings (SSSR count). The Balaban J connectivity index is 1.36. The van der Waals surface area contributed by atoms with E-state index in [0.29, 0.717) is 38.9 Å². The normalized spacial score (nSPS) is 15.2. The molecule has 0 bridgehead atoms. The molecule has 3 N–H and O–H groups in total. The Morgan fingerprint density at radius 2 is 1.97 bits per heavy atom. The summed E-state index contributed by atoms with van der Waals surface area (Å²) >= 11 is 6.41. The van der Waals surface area contributed by atoms with E-state index in [-0.39, 0.29) is 28.9 Å². The number of hydrogen-bond acceptors (Lipinski definition) is 5. The van der Waals surface area contributed by atoms with Gasteiger partial charge in [-0.25, -0.2) is 9.97 Å². The lowest BCUT2D eigenvalue weighted by Crippen LogP contribution is -2.39. The highest BCUT2D eigenvalue weighted by Gasteiger charge is 2.40. The van der Waals surface area contributed by atoms with Crippen LogP contribution in [0, 0.1) is 11.3 Å². The van der Waals surface area contributed by atoms with Crippen molar-refractivity contribution in [3.8, 4) is 11.4 Å². The number of H-pyrrole nitrogens is 1. The van der Waals surface area contributed by atoms with Crippen LogP contribution < -0.4 is 10.6 Å². The number of aromatic amines is 1. The number of nitrogens with zero attached hydrogens (tertiary/aromatic N) is 2. The number of carbonyl (C=O) groups is 2. The number of aromatic nitrogens is 3. The van der Waals surface area contributed by atoms with E-state index in [1.165, 1.54) is 6.26 Å². The van der Waals surface area contributed by atoms with Crippen LogP contribution in [0.2, 0.25) is 5.02 Å². The maximum Gasteiger partial charge on any atom is 0.291 e. The fourth-order valence-corrected chi connectivity index (χ4v) is 4.39. The van der Waals surface area contributed by atoms with E-state index >= 15 is 0 Å². The van der Waals surface area contributed by atoms with E-state index in [4.69, 9.17) is 16.0 Å². The largest absolute Gasteiger partial charge is 0.459 e. The molecule has 9 heteroatoms. The van der Waals surface area contributed by atoms with Crippen LogP contribution in [0.3, 0.4) is 0 Å². The molecular weight excluding hydrogens is 442 g/mol. The molecule has 0 atom stereocenters. The third-order valence-corrected chi connectivity index (χ3v) is 6.13. The minimum absolute atomic E-state index is 0.0123. The number of halogens is 1. The van der Waals surface area contributed by atoms with Gasteiger partial charge >= 0.3 is 0 Å². The average Bonchev–Trinajstić information content (AvgIpc) is 3.43. The Hall–Kier alpha value is -3.65. The number of furan rings is 1. The summed E-state index contributed by atoms with van der Waals surface area (Å²) in [6, 6.07) is 10.1. The molecule has 0 radical (unpaired) electrons. The fourth-order valence-electron chi connectivity index (χ4n) is 4.18. The van der Waals surface area contributed by atoms with E-state index < -0.39 is 0 Å². The van der Waals surface area contributed by atoms with Crippen molar-refractivity contribution in [1.29, 1.82) is 0 Å². The van der Waals surface area contributed by atoms with Gasteiger partial charge in [0.05, 0.1) is 28.7 Å². The van der Waals surface area contributed by atoms with Crippen molar-refractivity contribution >= 4 is 46.0 Å². The van der Waals surface area contributed by atoms with Crippen LogP contribution in [-0.4, -0.2) is 26.8 Å². The van der Waals surface area contributed by atoms with Gasteiger partial charge in [0.15, 0.2) is 11.4 Å². The quantitative estimate of drug-likeness (QED) is 0.361. The summed E-state index contributed by atoms with van der Waals surface area (Å²) in [5.74, 6) is 0.388. The predicted molar refractivity (Wildman–Crippen MR) is 126 cm³/mol. The van der Waals surface area contributed by atoms with Crippen molar-refractivity contribution in [2.75, 3.05) is 10.6 Å². The van der Waals surface area contributed by atoms with E-state index in [1.54, 1.807) is 42.6 Å². The van der Waals surface area contributed by atoms with Crippen LogP contribution in [0.5, 0.6) is 0 Å². The monoisotopic (exact) mass is 463 g/mol. The molecule has 1 aliphatic rings. The number of fused-ring (bicyclic) bond motifs is 1. The highest BCUT2D eigenvalue weighted by Crippen LogP contribution is 2.45. The van der Waals surface area contributed by atoms with E-state index in [2.05, 4.69) is 39.4 Å². The van der Waals surface area contributed by atoms with Crippen LogP contribution in [0.25, 0.3) is 22.6 Å². The number of rotatable bonds is 5. The first-order chi connectivity index (χ1) is 15.8. The Bertz CT molecular complexity index is 1350. The zero-order valence-electron chi connectivity index (χ0n) is 18.1. The lowest BCUT2D eigenvalue weighted by Gasteiger charge is -2.41. The van der Waals surface area contributed by atoms with Crippen LogP contribution in [0.15, 0.2) is 53.3 Å². The molecule has 0 unspecified atom stereocenters. The summed E-state index contributed by atoms with van der Waals surface area (Å²) in [4.78, 5) is 36.8. The third-order valence-electron chi connectivity index (χ3n) is 5.80. The van der Waals surface area contributed by atoms with E-state index in [0.717, 1.165) is 12.8 Å². The number of hydrogen-bond donors (Lipinski definition) is 3. The number of imidazole rings is 1. The summed E-state index contributed by atoms with van der Waals surface area (Å²) in [6.45, 7) is 4.33. The molecule has 0 saturated heterocycles. The molecule has 0 spiro atoms. The minimum Gasteiger partial charge on any atom is -0.459 e. The summed E-state index contributed by atoms with van der Waals surface area (Å²) in [7, 11) is 0. The van der Waals surface area contributed by atoms with Crippen molar-refractivity contribution in [3.05, 3.63) is 59.6 Å². The van der Waals surface area contributed by atoms with Crippen molar-refractivity contribution in [1.82, 2.24) is 15.0 Å². The lowest BCUT2D eigenvalue weighted by atomic mass is 9.64. The zero-order valence-corrected chi connectivity index (χ0v) is 18.9. The van der Waals surface area contributed by atoms with Gasteiger partial charge in [0.25, 0.3) is 5.91 Å². The van der Waals surface area contributed by atoms with Crippen LogP contribution >= 0.6 is 11.6 Å². The first-order valence-corrected chi connectivity index (χ1v) is 11.0. The lowest BCUT2D eigenvalue weighted by molar-refractivity contribution is -0.126. The van der Waals surface area contributed by atoms with E-state index in [1.807, 2.05) is 0 Å². The molecule has 2 amide bonds. The topological polar surface area (TPSA) is 113 Å². The van der Waals surface area contributed by atoms with Gasteiger partial charge in [0.1, 0.15) is 5.82 Å². The second kappa shape index (κ2) is 8.04. The van der Waals surface area contributed by atoms with Crippen LogP contribution in [-0.2, 0) is 4.79 Å². The highest BCUT2D eigenvalue weighted by molar-refractivity contribution is 6.33. The van der Waals surface area contributed by atoms with Crippen LogP contribution in [0.4, 0.5) is 11.4 Å². The molecule has 33 heavy (non-hydrogen) atoms. The molecule has 4 aromatic rings. The standard InChI is InChI=1S/C24H22ClN5O3/c1-24(2)10-13(11-24)22(31)28-15-9-18-21(26-12-15)30-20(29-18)16-8-14(5-6-17(16)25)27-23(32)19-4-3-7-33-19/h3-9,12-13H,10-11H2,1-2H3,(H,27,32)(H,28,31)(H,26,29,30). The van der Waals surface area contributed by atoms with Gasteiger partial charge in [-0.3, -0.25) is 9.59 Å². The van der Waals surface area contributed by atoms with Gasteiger partial charge < -0.3 is 20.0 Å². The van der Waals surface area contributed by atoms with Crippen molar-refractivity contribution in [3.63, 3.8) is 0 Å². The van der Waals surface area contributed by atoms with Gasteiger partial charge in [-0.05, 0) is 54.7 Å². The Morgan fingerprint density at radius 3 is 2.70 bits per heavy atom. The van der Waals surface area contributed by atoms with Crippen molar-refractivity contribution < 1.29 is 14.0 Å². The molecule has 3 heterocycles. The molecule has 1 fully saturated rings. The number of anilines is 2. The molecule has 3 aromatic heterocycles. The SMILES string of the molecule is CC1(C)CC(C(=O)Nc2cnc3nc(-c4cc(NC(=O)c5ccco5)ccc4Cl)[nH]c3c2)C1. The summed E-state index contributed by atoms with van der Waals surface area (Å²) < 4.78 is 5.13. The smallest absolute Gasteiger partial charge is 0.291 e. The van der Waals surface area contributed by atoms with Crippen molar-refractivity contribution in [2.45, 2.75) is 26.7 Å². The number of amides is 2. The molecule has 1 aromatic carbocycles. The van der Waals surface area contributed by atoms with Gasteiger partial charge in [-0.15, -0.1) is 0 Å². The zero-order chi connectivity index (χ0) is 23.2. The number of carbonyl (C=O) groups excluding carboxylic acids is 2. The Kier molecular flexibility index (Phi) is 5.17. The van der Waals surface area contributed by atoms with Crippen LogP contribution in [0.1, 0.15) is 37.2 Å². The van der Waals surface area contributed by atoms with Crippen molar-refractivity contribution in [2.24, 2.45) is 11.3 Å². The number of pyridine rings is 1. The molecule has 168 valence electrons. The van der Waals surface area contributed by atoms with E-state index in [9.17, 15) is 9.59 Å². The third kappa shape index (κ3) is 4.34. The average molecular weight is 464 g/mol. The maximum atomic E-state index is 12.5. The summed E-state index contributed by atoms with van der Waals surface area (Å²) in [6.07, 6.45) is 4.80. The molecule has 1 aliphatic carbocycles. The first-order valence-electron chi connectivity index (χ1n) is 10.6. The number of nitrogens with one attached hydrogen (secondary N) is 3. The van der Waals surface area contributed by atoms with Gasteiger partial charge in [-0.1, -0.05) is 25.4 Å². The molecule has 0 aliphatic heterocycles. The van der Waals surface area contributed by atoms with Gasteiger partial charge in [-0.2, -0.15) is 0 Å². The first kappa shape index (κ1) is 21.2. The Labute approximate surface area is 194 Å². The van der Waals surface area contributed by atoms with Gasteiger partial charge in [0, 0.05) is 17.2 Å². The number of benzene rings is 1. The predicted octanol–water partition coefficient (Wildman–Crippen LogP) is 5.50. The second-order valence-corrected chi connectivity index (χ2v) is 9.47. The molecule has 8 nitrogen and oxygen atoms in total. The summed E-state index contributed by atoms with van der Waals surface area (Å²) in [5, 5.41) is 6.19. The summed E-state index contributed by atoms with van der Waals surface area (Å²) in [5.41, 5.74) is 3.15. The fraction of sp³-hybridized carbons (Fsp3) is 0.250.